The minimum absolute atomic E-state index is 0.233. The lowest BCUT2D eigenvalue weighted by Crippen LogP contribution is -2.09. The van der Waals surface area contributed by atoms with Gasteiger partial charge < -0.3 is 5.11 Å². The molecule has 0 atom stereocenters. The largest absolute Gasteiger partial charge is 0.478 e. The van der Waals surface area contributed by atoms with Gasteiger partial charge in [0.05, 0.1) is 11.1 Å². The number of rotatable bonds is 2. The molecule has 0 spiro atoms. The van der Waals surface area contributed by atoms with Gasteiger partial charge in [-0.05, 0) is 18.2 Å². The SMILES string of the molecule is O=C(O)c1cc(C(F)F)cc(C(F)(F)F)c1. The van der Waals surface area contributed by atoms with Crippen molar-refractivity contribution in [3.8, 4) is 0 Å². The van der Waals surface area contributed by atoms with Crippen molar-refractivity contribution in [3.05, 3.63) is 34.9 Å². The molecule has 1 rings (SSSR count). The van der Waals surface area contributed by atoms with E-state index in [4.69, 9.17) is 5.11 Å². The van der Waals surface area contributed by atoms with Crippen LogP contribution >= 0.6 is 0 Å². The standard InChI is InChI=1S/C9H5F5O2/c10-7(11)4-1-5(8(15)16)3-6(2-4)9(12,13)14/h1-3,7H,(H,15,16). The molecule has 1 N–H and O–H groups in total. The lowest BCUT2D eigenvalue weighted by atomic mass is 10.1. The smallest absolute Gasteiger partial charge is 0.416 e. The summed E-state index contributed by atoms with van der Waals surface area (Å²) in [5.74, 6) is -1.69. The van der Waals surface area contributed by atoms with Crippen molar-refractivity contribution in [3.63, 3.8) is 0 Å². The van der Waals surface area contributed by atoms with Crippen LogP contribution in [0, 0.1) is 0 Å². The van der Waals surface area contributed by atoms with E-state index in [1.54, 1.807) is 0 Å². The van der Waals surface area contributed by atoms with E-state index < -0.39 is 35.3 Å². The van der Waals surface area contributed by atoms with E-state index in [-0.39, 0.29) is 6.07 Å². The van der Waals surface area contributed by atoms with E-state index in [0.29, 0.717) is 12.1 Å². The zero-order valence-corrected chi connectivity index (χ0v) is 7.55. The Bertz CT molecular complexity index is 411. The summed E-state index contributed by atoms with van der Waals surface area (Å²) < 4.78 is 61.1. The Labute approximate surface area is 86.3 Å². The molecule has 0 unspecified atom stereocenters. The van der Waals surface area contributed by atoms with Crippen molar-refractivity contribution in [2.75, 3.05) is 0 Å². The summed E-state index contributed by atoms with van der Waals surface area (Å²) in [7, 11) is 0. The zero-order chi connectivity index (χ0) is 12.5. The Hall–Kier alpha value is -1.66. The molecule has 88 valence electrons. The van der Waals surface area contributed by atoms with Crippen LogP contribution in [0.15, 0.2) is 18.2 Å². The molecular formula is C9H5F5O2. The van der Waals surface area contributed by atoms with Gasteiger partial charge in [-0.1, -0.05) is 0 Å². The van der Waals surface area contributed by atoms with Crippen molar-refractivity contribution in [2.24, 2.45) is 0 Å². The van der Waals surface area contributed by atoms with Crippen LogP contribution in [-0.4, -0.2) is 11.1 Å². The molecule has 0 saturated heterocycles. The molecule has 7 heteroatoms. The van der Waals surface area contributed by atoms with Crippen molar-refractivity contribution in [1.82, 2.24) is 0 Å². The highest BCUT2D eigenvalue weighted by molar-refractivity contribution is 5.88. The summed E-state index contributed by atoms with van der Waals surface area (Å²) in [5, 5.41) is 8.47. The maximum absolute atomic E-state index is 12.2. The Kier molecular flexibility index (Phi) is 3.16. The average Bonchev–Trinajstić information content (AvgIpc) is 2.15. The first kappa shape index (κ1) is 12.4. The maximum Gasteiger partial charge on any atom is 0.416 e. The molecule has 0 saturated carbocycles. The summed E-state index contributed by atoms with van der Waals surface area (Å²) in [6, 6.07) is 1.06. The van der Waals surface area contributed by atoms with Crippen molar-refractivity contribution >= 4 is 5.97 Å². The lowest BCUT2D eigenvalue weighted by Gasteiger charge is -2.10. The molecule has 1 aromatic rings. The number of hydrogen-bond acceptors (Lipinski definition) is 1. The molecule has 16 heavy (non-hydrogen) atoms. The van der Waals surface area contributed by atoms with Crippen molar-refractivity contribution in [1.29, 1.82) is 0 Å². The summed E-state index contributed by atoms with van der Waals surface area (Å²) in [6.07, 6.45) is -8.00. The second-order valence-corrected chi connectivity index (χ2v) is 2.95. The van der Waals surface area contributed by atoms with Crippen LogP contribution in [0.1, 0.15) is 27.9 Å². The fourth-order valence-electron chi connectivity index (χ4n) is 1.06. The summed E-state index contributed by atoms with van der Waals surface area (Å²) in [6.45, 7) is 0. The summed E-state index contributed by atoms with van der Waals surface area (Å²) in [4.78, 5) is 10.4. The van der Waals surface area contributed by atoms with Gasteiger partial charge in [0.25, 0.3) is 6.43 Å². The molecule has 0 amide bonds. The predicted octanol–water partition coefficient (Wildman–Crippen LogP) is 3.34. The fourth-order valence-corrected chi connectivity index (χ4v) is 1.06. The van der Waals surface area contributed by atoms with E-state index in [9.17, 15) is 26.7 Å². The van der Waals surface area contributed by atoms with Gasteiger partial charge >= 0.3 is 12.1 Å². The molecule has 0 aliphatic heterocycles. The number of benzene rings is 1. The Morgan fingerprint density at radius 2 is 1.75 bits per heavy atom. The first-order valence-electron chi connectivity index (χ1n) is 3.95. The van der Waals surface area contributed by atoms with Crippen molar-refractivity contribution in [2.45, 2.75) is 12.6 Å². The Morgan fingerprint density at radius 1 is 1.19 bits per heavy atom. The number of carbonyl (C=O) groups is 1. The molecule has 0 aliphatic carbocycles. The number of aromatic carboxylic acids is 1. The fraction of sp³-hybridized carbons (Fsp3) is 0.222. The quantitative estimate of drug-likeness (QED) is 0.805. The monoisotopic (exact) mass is 240 g/mol. The van der Waals surface area contributed by atoms with Gasteiger partial charge in [0, 0.05) is 5.56 Å². The third-order valence-electron chi connectivity index (χ3n) is 1.78. The van der Waals surface area contributed by atoms with Gasteiger partial charge in [-0.15, -0.1) is 0 Å². The van der Waals surface area contributed by atoms with Crippen LogP contribution in [0.2, 0.25) is 0 Å². The molecule has 0 aliphatic rings. The van der Waals surface area contributed by atoms with Crippen LogP contribution in [0.4, 0.5) is 22.0 Å². The number of hydrogen-bond donors (Lipinski definition) is 1. The second kappa shape index (κ2) is 4.07. The molecule has 0 aromatic heterocycles. The van der Waals surface area contributed by atoms with Gasteiger partial charge in [-0.25, -0.2) is 13.6 Å². The number of carboxylic acid groups (broad SMARTS) is 1. The van der Waals surface area contributed by atoms with Crippen LogP contribution < -0.4 is 0 Å². The molecular weight excluding hydrogens is 235 g/mol. The Morgan fingerprint density at radius 3 is 2.12 bits per heavy atom. The highest BCUT2D eigenvalue weighted by atomic mass is 19.4. The average molecular weight is 240 g/mol. The van der Waals surface area contributed by atoms with Crippen LogP contribution in [0.5, 0.6) is 0 Å². The highest BCUT2D eigenvalue weighted by Crippen LogP contribution is 2.33. The summed E-state index contributed by atoms with van der Waals surface area (Å²) in [5.41, 5.74) is -3.18. The van der Waals surface area contributed by atoms with Gasteiger partial charge in [0.1, 0.15) is 0 Å². The predicted molar refractivity (Wildman–Crippen MR) is 43.4 cm³/mol. The first-order valence-corrected chi connectivity index (χ1v) is 3.95. The van der Waals surface area contributed by atoms with Gasteiger partial charge in [-0.3, -0.25) is 0 Å². The Balaban J connectivity index is 3.36. The zero-order valence-electron chi connectivity index (χ0n) is 7.55. The highest BCUT2D eigenvalue weighted by Gasteiger charge is 2.32. The van der Waals surface area contributed by atoms with Crippen LogP contribution in [0.25, 0.3) is 0 Å². The van der Waals surface area contributed by atoms with Crippen LogP contribution in [-0.2, 0) is 6.18 Å². The second-order valence-electron chi connectivity index (χ2n) is 2.95. The number of alkyl halides is 5. The first-order chi connectivity index (χ1) is 7.21. The minimum atomic E-state index is -4.85. The van der Waals surface area contributed by atoms with Gasteiger partial charge in [-0.2, -0.15) is 13.2 Å². The third-order valence-corrected chi connectivity index (χ3v) is 1.78. The molecule has 0 heterocycles. The lowest BCUT2D eigenvalue weighted by molar-refractivity contribution is -0.137. The van der Waals surface area contributed by atoms with Gasteiger partial charge in [0.2, 0.25) is 0 Å². The van der Waals surface area contributed by atoms with E-state index in [0.717, 1.165) is 0 Å². The summed E-state index contributed by atoms with van der Waals surface area (Å²) >= 11 is 0. The van der Waals surface area contributed by atoms with E-state index >= 15 is 0 Å². The minimum Gasteiger partial charge on any atom is -0.478 e. The maximum atomic E-state index is 12.2. The number of halogens is 5. The topological polar surface area (TPSA) is 37.3 Å². The number of carboxylic acids is 1. The van der Waals surface area contributed by atoms with E-state index in [2.05, 4.69) is 0 Å². The molecule has 0 bridgehead atoms. The normalized spacial score (nSPS) is 11.9. The molecule has 0 fully saturated rings. The van der Waals surface area contributed by atoms with Gasteiger partial charge in [0.15, 0.2) is 0 Å². The molecule has 1 aromatic carbocycles. The van der Waals surface area contributed by atoms with Crippen LogP contribution in [0.3, 0.4) is 0 Å². The van der Waals surface area contributed by atoms with E-state index in [1.807, 2.05) is 0 Å². The van der Waals surface area contributed by atoms with E-state index in [1.165, 1.54) is 0 Å². The molecule has 2 nitrogen and oxygen atoms in total. The molecule has 0 radical (unpaired) electrons. The van der Waals surface area contributed by atoms with Crippen molar-refractivity contribution < 1.29 is 31.9 Å². The third kappa shape index (κ3) is 2.68.